The molecule has 5 nitrogen and oxygen atoms in total. The molecule has 1 aromatic heterocycles. The lowest BCUT2D eigenvalue weighted by Gasteiger charge is -2.27. The molecule has 1 N–H and O–H groups in total. The van der Waals surface area contributed by atoms with Crippen LogP contribution in [0.1, 0.15) is 73.3 Å². The minimum atomic E-state index is -0.492. The Labute approximate surface area is 125 Å². The fraction of sp³-hybridized carbons (Fsp3) is 0.625. The molecule has 1 aliphatic rings. The van der Waals surface area contributed by atoms with Gasteiger partial charge in [-0.15, -0.1) is 0 Å². The summed E-state index contributed by atoms with van der Waals surface area (Å²) in [4.78, 5) is 29.7. The number of hydrogen-bond donors (Lipinski definition) is 1. The molecule has 0 atom stereocenters. The van der Waals surface area contributed by atoms with Crippen LogP contribution < -0.4 is 5.48 Å². The quantitative estimate of drug-likeness (QED) is 0.850. The zero-order valence-corrected chi connectivity index (χ0v) is 13.5. The van der Waals surface area contributed by atoms with Crippen molar-refractivity contribution < 1.29 is 18.8 Å². The lowest BCUT2D eigenvalue weighted by molar-refractivity contribution is -0.0599. The predicted molar refractivity (Wildman–Crippen MR) is 78.2 cm³/mol. The number of fused-ring (bicyclic) bond motifs is 1. The monoisotopic (exact) mass is 293 g/mol. The summed E-state index contributed by atoms with van der Waals surface area (Å²) in [7, 11) is 0. The first kappa shape index (κ1) is 15.8. The lowest BCUT2D eigenvalue weighted by atomic mass is 9.76. The Kier molecular flexibility index (Phi) is 3.74. The first-order valence-corrected chi connectivity index (χ1v) is 7.14. The number of rotatable bonds is 2. The van der Waals surface area contributed by atoms with Crippen molar-refractivity contribution in [2.75, 3.05) is 0 Å². The number of hydroxylamine groups is 1. The minimum Gasteiger partial charge on any atom is -0.455 e. The maximum Gasteiger partial charge on any atom is 0.310 e. The second kappa shape index (κ2) is 4.98. The molecule has 0 spiro atoms. The van der Waals surface area contributed by atoms with Crippen LogP contribution in [0.3, 0.4) is 0 Å². The van der Waals surface area contributed by atoms with E-state index in [0.717, 1.165) is 0 Å². The topological polar surface area (TPSA) is 68.5 Å². The Morgan fingerprint density at radius 2 is 1.90 bits per heavy atom. The third-order valence-electron chi connectivity index (χ3n) is 3.43. The van der Waals surface area contributed by atoms with Crippen LogP contribution in [0, 0.1) is 12.3 Å². The van der Waals surface area contributed by atoms with Crippen molar-refractivity contribution in [1.82, 2.24) is 5.48 Å². The molecule has 0 aromatic carbocycles. The van der Waals surface area contributed by atoms with E-state index in [4.69, 9.17) is 9.25 Å². The number of hydrogen-bond acceptors (Lipinski definition) is 4. The van der Waals surface area contributed by atoms with Gasteiger partial charge in [-0.05, 0) is 33.1 Å². The van der Waals surface area contributed by atoms with Crippen molar-refractivity contribution in [1.29, 1.82) is 0 Å². The molecule has 1 aliphatic carbocycles. The van der Waals surface area contributed by atoms with Crippen molar-refractivity contribution >= 4 is 11.7 Å². The van der Waals surface area contributed by atoms with Crippen LogP contribution in [0.4, 0.5) is 0 Å². The summed E-state index contributed by atoms with van der Waals surface area (Å²) < 4.78 is 5.66. The lowest BCUT2D eigenvalue weighted by Crippen LogP contribution is -2.33. The van der Waals surface area contributed by atoms with Crippen molar-refractivity contribution in [2.45, 2.75) is 60.0 Å². The maximum absolute atomic E-state index is 12.3. The number of carbonyl (C=O) groups is 2. The standard InChI is InChI=1S/C16H23NO4/c1-9-12-10(18)7-16(5,6)8-11(12)20-13(9)14(19)17-21-15(2,3)4/h7-8H2,1-6H3,(H,17,19). The highest BCUT2D eigenvalue weighted by molar-refractivity contribution is 6.03. The summed E-state index contributed by atoms with van der Waals surface area (Å²) in [6.45, 7) is 11.3. The second-order valence-corrected chi connectivity index (χ2v) is 7.44. The van der Waals surface area contributed by atoms with Crippen LogP contribution in [0.15, 0.2) is 4.42 Å². The van der Waals surface area contributed by atoms with Gasteiger partial charge in [0.1, 0.15) is 5.76 Å². The molecule has 116 valence electrons. The van der Waals surface area contributed by atoms with Gasteiger partial charge < -0.3 is 4.42 Å². The Hall–Kier alpha value is -1.62. The van der Waals surface area contributed by atoms with E-state index in [-0.39, 0.29) is 17.0 Å². The van der Waals surface area contributed by atoms with Gasteiger partial charge in [0.15, 0.2) is 11.5 Å². The van der Waals surface area contributed by atoms with E-state index in [0.29, 0.717) is 29.7 Å². The van der Waals surface area contributed by atoms with Crippen molar-refractivity contribution in [2.24, 2.45) is 5.41 Å². The average Bonchev–Trinajstić information content (AvgIpc) is 2.60. The van der Waals surface area contributed by atoms with E-state index in [1.54, 1.807) is 6.92 Å². The summed E-state index contributed by atoms with van der Waals surface area (Å²) in [5.74, 6) is 0.352. The number of Topliss-reactive ketones (excluding diaryl/α,β-unsaturated/α-hetero) is 1. The third-order valence-corrected chi connectivity index (χ3v) is 3.43. The minimum absolute atomic E-state index is 0.0401. The largest absolute Gasteiger partial charge is 0.455 e. The molecule has 1 heterocycles. The van der Waals surface area contributed by atoms with E-state index in [1.165, 1.54) is 0 Å². The molecular weight excluding hydrogens is 270 g/mol. The zero-order valence-electron chi connectivity index (χ0n) is 13.5. The van der Waals surface area contributed by atoms with Gasteiger partial charge in [0, 0.05) is 18.4 Å². The van der Waals surface area contributed by atoms with E-state index in [9.17, 15) is 9.59 Å². The van der Waals surface area contributed by atoms with Crippen molar-refractivity contribution in [3.63, 3.8) is 0 Å². The van der Waals surface area contributed by atoms with E-state index >= 15 is 0 Å². The van der Waals surface area contributed by atoms with Crippen LogP contribution in [0.2, 0.25) is 0 Å². The zero-order chi connectivity index (χ0) is 16.0. The van der Waals surface area contributed by atoms with Gasteiger partial charge in [-0.1, -0.05) is 13.8 Å². The maximum atomic E-state index is 12.3. The molecule has 0 radical (unpaired) electrons. The van der Waals surface area contributed by atoms with E-state index in [1.807, 2.05) is 34.6 Å². The Morgan fingerprint density at radius 3 is 2.48 bits per heavy atom. The molecule has 2 rings (SSSR count). The summed E-state index contributed by atoms with van der Waals surface area (Å²) in [6, 6.07) is 0. The van der Waals surface area contributed by atoms with Gasteiger partial charge >= 0.3 is 5.91 Å². The Balaban J connectivity index is 2.28. The van der Waals surface area contributed by atoms with Crippen molar-refractivity contribution in [3.05, 3.63) is 22.6 Å². The highest BCUT2D eigenvalue weighted by Crippen LogP contribution is 2.38. The molecule has 1 amide bonds. The molecule has 5 heteroatoms. The Bertz CT molecular complexity index is 590. The first-order chi connectivity index (χ1) is 9.50. The van der Waals surface area contributed by atoms with Gasteiger partial charge in [0.05, 0.1) is 11.2 Å². The second-order valence-electron chi connectivity index (χ2n) is 7.44. The van der Waals surface area contributed by atoms with Crippen LogP contribution in [0.5, 0.6) is 0 Å². The van der Waals surface area contributed by atoms with E-state index in [2.05, 4.69) is 5.48 Å². The molecule has 0 saturated carbocycles. The molecule has 0 saturated heterocycles. The van der Waals surface area contributed by atoms with Crippen LogP contribution in [-0.4, -0.2) is 17.3 Å². The fourth-order valence-electron chi connectivity index (χ4n) is 2.55. The molecule has 0 fully saturated rings. The predicted octanol–water partition coefficient (Wildman–Crippen LogP) is 3.20. The summed E-state index contributed by atoms with van der Waals surface area (Å²) in [5.41, 5.74) is 2.92. The van der Waals surface area contributed by atoms with Crippen LogP contribution >= 0.6 is 0 Å². The Morgan fingerprint density at radius 1 is 1.29 bits per heavy atom. The number of furan rings is 1. The SMILES string of the molecule is Cc1c(C(=O)NOC(C)(C)C)oc2c1C(=O)CC(C)(C)C2. The number of nitrogens with one attached hydrogen (secondary N) is 1. The number of carbonyl (C=O) groups excluding carboxylic acids is 2. The number of amides is 1. The summed E-state index contributed by atoms with van der Waals surface area (Å²) in [5, 5.41) is 0. The number of ketones is 1. The molecule has 0 aliphatic heterocycles. The van der Waals surface area contributed by atoms with Gasteiger partial charge in [0.25, 0.3) is 0 Å². The molecule has 0 bridgehead atoms. The summed E-state index contributed by atoms with van der Waals surface area (Å²) in [6.07, 6.45) is 1.13. The van der Waals surface area contributed by atoms with Gasteiger partial charge in [-0.2, -0.15) is 0 Å². The summed E-state index contributed by atoms with van der Waals surface area (Å²) >= 11 is 0. The van der Waals surface area contributed by atoms with Gasteiger partial charge in [-0.3, -0.25) is 14.4 Å². The van der Waals surface area contributed by atoms with Crippen molar-refractivity contribution in [3.8, 4) is 0 Å². The smallest absolute Gasteiger partial charge is 0.310 e. The normalized spacial score (nSPS) is 17.5. The fourth-order valence-corrected chi connectivity index (χ4v) is 2.55. The highest BCUT2D eigenvalue weighted by Gasteiger charge is 2.37. The van der Waals surface area contributed by atoms with Gasteiger partial charge in [0.2, 0.25) is 0 Å². The van der Waals surface area contributed by atoms with E-state index < -0.39 is 11.5 Å². The van der Waals surface area contributed by atoms with Crippen LogP contribution in [0.25, 0.3) is 0 Å². The molecule has 0 unspecified atom stereocenters. The van der Waals surface area contributed by atoms with Crippen LogP contribution in [-0.2, 0) is 11.3 Å². The molecule has 21 heavy (non-hydrogen) atoms. The van der Waals surface area contributed by atoms with Gasteiger partial charge in [-0.25, -0.2) is 5.48 Å². The molecule has 1 aromatic rings. The third kappa shape index (κ3) is 3.35. The first-order valence-electron chi connectivity index (χ1n) is 7.14. The molecular formula is C16H23NO4. The highest BCUT2D eigenvalue weighted by atomic mass is 16.7. The average molecular weight is 293 g/mol.